The summed E-state index contributed by atoms with van der Waals surface area (Å²) in [5.74, 6) is -0.397. The van der Waals surface area contributed by atoms with E-state index in [0.717, 1.165) is 0 Å². The van der Waals surface area contributed by atoms with E-state index >= 15 is 0 Å². The number of hydrogen-bond donors (Lipinski definition) is 1. The van der Waals surface area contributed by atoms with Gasteiger partial charge in [0.25, 0.3) is 0 Å². The van der Waals surface area contributed by atoms with Crippen LogP contribution in [0.15, 0.2) is 35.7 Å². The molecule has 9 heteroatoms. The number of ether oxygens (including phenoxy) is 1. The Hall–Kier alpha value is -1.80. The number of imidazole rings is 1. The van der Waals surface area contributed by atoms with Crippen LogP contribution < -0.4 is 10.1 Å². The van der Waals surface area contributed by atoms with Crippen LogP contribution in [0.5, 0.6) is 5.75 Å². The van der Waals surface area contributed by atoms with Crippen LogP contribution in [-0.4, -0.2) is 27.3 Å². The molecule has 0 radical (unpaired) electrons. The van der Waals surface area contributed by atoms with Gasteiger partial charge in [-0.2, -0.15) is 8.78 Å². The minimum atomic E-state index is -2.96. The first kappa shape index (κ1) is 17.6. The van der Waals surface area contributed by atoms with Crippen molar-refractivity contribution in [3.05, 3.63) is 35.6 Å². The lowest BCUT2D eigenvalue weighted by molar-refractivity contribution is -0.115. The molecule has 0 spiro atoms. The second-order valence-corrected chi connectivity index (χ2v) is 6.31. The van der Waals surface area contributed by atoms with Gasteiger partial charge in [-0.05, 0) is 25.1 Å². The van der Waals surface area contributed by atoms with Crippen LogP contribution in [0.25, 0.3) is 0 Å². The van der Waals surface area contributed by atoms with Gasteiger partial charge in [-0.15, -0.1) is 0 Å². The molecule has 1 aromatic heterocycles. The molecule has 0 aliphatic heterocycles. The first-order valence-electron chi connectivity index (χ1n) is 6.56. The largest absolute Gasteiger partial charge is 0.433 e. The van der Waals surface area contributed by atoms with Gasteiger partial charge >= 0.3 is 6.61 Å². The summed E-state index contributed by atoms with van der Waals surface area (Å²) in [6, 6.07) is 4.08. The molecular formula is C14H14ClF2N3O2S. The van der Waals surface area contributed by atoms with Gasteiger partial charge in [-0.25, -0.2) is 4.98 Å². The average molecular weight is 362 g/mol. The molecule has 0 aliphatic rings. The second kappa shape index (κ2) is 7.65. The van der Waals surface area contributed by atoms with E-state index in [2.05, 4.69) is 15.0 Å². The van der Waals surface area contributed by atoms with E-state index in [0.29, 0.717) is 10.8 Å². The minimum Gasteiger partial charge on any atom is -0.433 e. The van der Waals surface area contributed by atoms with Crippen LogP contribution in [0.2, 0.25) is 5.02 Å². The first-order valence-corrected chi connectivity index (χ1v) is 7.82. The number of amides is 1. The van der Waals surface area contributed by atoms with Crippen molar-refractivity contribution in [1.82, 2.24) is 9.55 Å². The summed E-state index contributed by atoms with van der Waals surface area (Å²) in [6.07, 6.45) is 3.43. The highest BCUT2D eigenvalue weighted by atomic mass is 35.5. The zero-order valence-electron chi connectivity index (χ0n) is 12.3. The molecule has 1 heterocycles. The summed E-state index contributed by atoms with van der Waals surface area (Å²) in [4.78, 5) is 16.3. The SMILES string of the molecule is C[C@H](Sc1nccn1C)C(=O)Nc1ccc(OC(F)F)c(Cl)c1. The van der Waals surface area contributed by atoms with Crippen molar-refractivity contribution in [2.75, 3.05) is 5.32 Å². The summed E-state index contributed by atoms with van der Waals surface area (Å²) < 4.78 is 30.4. The van der Waals surface area contributed by atoms with Gasteiger partial charge in [-0.1, -0.05) is 23.4 Å². The smallest absolute Gasteiger partial charge is 0.387 e. The Labute approximate surface area is 141 Å². The monoisotopic (exact) mass is 361 g/mol. The van der Waals surface area contributed by atoms with Crippen molar-refractivity contribution in [2.45, 2.75) is 23.9 Å². The highest BCUT2D eigenvalue weighted by Gasteiger charge is 2.17. The van der Waals surface area contributed by atoms with Crippen molar-refractivity contribution >= 4 is 35.0 Å². The van der Waals surface area contributed by atoms with Crippen LogP contribution in [0.4, 0.5) is 14.5 Å². The lowest BCUT2D eigenvalue weighted by atomic mass is 10.3. The van der Waals surface area contributed by atoms with E-state index in [-0.39, 0.29) is 16.7 Å². The van der Waals surface area contributed by atoms with E-state index < -0.39 is 11.9 Å². The third-order valence-electron chi connectivity index (χ3n) is 2.84. The fourth-order valence-corrected chi connectivity index (χ4v) is 2.75. The van der Waals surface area contributed by atoms with Crippen LogP contribution in [0.1, 0.15) is 6.92 Å². The number of benzene rings is 1. The van der Waals surface area contributed by atoms with E-state index in [1.807, 2.05) is 11.6 Å². The summed E-state index contributed by atoms with van der Waals surface area (Å²) in [5, 5.41) is 2.98. The second-order valence-electron chi connectivity index (χ2n) is 4.59. The highest BCUT2D eigenvalue weighted by Crippen LogP contribution is 2.29. The van der Waals surface area contributed by atoms with Gasteiger partial charge in [-0.3, -0.25) is 4.79 Å². The molecule has 0 aliphatic carbocycles. The molecule has 2 aromatic rings. The molecule has 23 heavy (non-hydrogen) atoms. The number of anilines is 1. The number of halogens is 3. The topological polar surface area (TPSA) is 56.2 Å². The number of aryl methyl sites for hydroxylation is 1. The fraction of sp³-hybridized carbons (Fsp3) is 0.286. The van der Waals surface area contributed by atoms with Crippen molar-refractivity contribution in [1.29, 1.82) is 0 Å². The van der Waals surface area contributed by atoms with Crippen LogP contribution in [0, 0.1) is 0 Å². The Morgan fingerprint density at radius 3 is 2.78 bits per heavy atom. The van der Waals surface area contributed by atoms with Crippen LogP contribution in [-0.2, 0) is 11.8 Å². The molecule has 0 unspecified atom stereocenters. The fourth-order valence-electron chi connectivity index (χ4n) is 1.69. The lowest BCUT2D eigenvalue weighted by Gasteiger charge is -2.13. The number of thioether (sulfide) groups is 1. The molecule has 5 nitrogen and oxygen atoms in total. The molecule has 1 atom stereocenters. The number of aromatic nitrogens is 2. The van der Waals surface area contributed by atoms with Gasteiger partial charge in [0.2, 0.25) is 5.91 Å². The Morgan fingerprint density at radius 2 is 2.22 bits per heavy atom. The number of nitrogens with zero attached hydrogens (tertiary/aromatic N) is 2. The molecule has 0 fully saturated rings. The third kappa shape index (κ3) is 4.84. The number of carbonyl (C=O) groups is 1. The van der Waals surface area contributed by atoms with E-state index in [4.69, 9.17) is 11.6 Å². The van der Waals surface area contributed by atoms with E-state index in [1.165, 1.54) is 30.0 Å². The zero-order valence-corrected chi connectivity index (χ0v) is 13.9. The predicted octanol–water partition coefficient (Wildman–Crippen LogP) is 3.79. The van der Waals surface area contributed by atoms with Gasteiger partial charge in [0.05, 0.1) is 10.3 Å². The number of hydrogen-bond acceptors (Lipinski definition) is 4. The third-order valence-corrected chi connectivity index (χ3v) is 4.31. The molecule has 2 rings (SSSR count). The number of rotatable bonds is 6. The maximum absolute atomic E-state index is 12.2. The van der Waals surface area contributed by atoms with E-state index in [1.54, 1.807) is 19.3 Å². The molecule has 1 amide bonds. The first-order chi connectivity index (χ1) is 10.9. The number of carbonyl (C=O) groups excluding carboxylic acids is 1. The number of alkyl halides is 2. The lowest BCUT2D eigenvalue weighted by Crippen LogP contribution is -2.22. The van der Waals surface area contributed by atoms with Gasteiger partial charge in [0, 0.05) is 25.1 Å². The van der Waals surface area contributed by atoms with Crippen molar-refractivity contribution in [3.8, 4) is 5.75 Å². The summed E-state index contributed by atoms with van der Waals surface area (Å²) in [5.41, 5.74) is 0.397. The summed E-state index contributed by atoms with van der Waals surface area (Å²) in [7, 11) is 1.83. The highest BCUT2D eigenvalue weighted by molar-refractivity contribution is 8.00. The van der Waals surface area contributed by atoms with Gasteiger partial charge in [0.15, 0.2) is 5.16 Å². The molecule has 0 saturated heterocycles. The Bertz CT molecular complexity index is 696. The molecular weight excluding hydrogens is 348 g/mol. The normalized spacial score (nSPS) is 12.3. The van der Waals surface area contributed by atoms with Gasteiger partial charge in [0.1, 0.15) is 5.75 Å². The van der Waals surface area contributed by atoms with Crippen molar-refractivity contribution in [3.63, 3.8) is 0 Å². The van der Waals surface area contributed by atoms with Crippen LogP contribution in [0.3, 0.4) is 0 Å². The van der Waals surface area contributed by atoms with Gasteiger partial charge < -0.3 is 14.6 Å². The molecule has 1 N–H and O–H groups in total. The summed E-state index contributed by atoms with van der Waals surface area (Å²) >= 11 is 7.15. The maximum Gasteiger partial charge on any atom is 0.387 e. The van der Waals surface area contributed by atoms with Crippen LogP contribution >= 0.6 is 23.4 Å². The molecule has 1 aromatic carbocycles. The molecule has 0 saturated carbocycles. The quantitative estimate of drug-likeness (QED) is 0.795. The zero-order chi connectivity index (χ0) is 17.0. The van der Waals surface area contributed by atoms with Crippen molar-refractivity contribution in [2.24, 2.45) is 7.05 Å². The van der Waals surface area contributed by atoms with E-state index in [9.17, 15) is 13.6 Å². The Balaban J connectivity index is 1.99. The minimum absolute atomic E-state index is 0.00694. The molecule has 124 valence electrons. The Morgan fingerprint density at radius 1 is 1.48 bits per heavy atom. The summed E-state index contributed by atoms with van der Waals surface area (Å²) in [6.45, 7) is -1.22. The maximum atomic E-state index is 12.2. The van der Waals surface area contributed by atoms with Crippen molar-refractivity contribution < 1.29 is 18.3 Å². The standard InChI is InChI=1S/C14H14ClF2N3O2S/c1-8(23-14-18-5-6-20(14)2)12(21)19-9-3-4-11(10(15)7-9)22-13(16)17/h3-8,13H,1-2H3,(H,19,21)/t8-/m0/s1. The molecule has 0 bridgehead atoms. The predicted molar refractivity (Wildman–Crippen MR) is 85.2 cm³/mol. The Kier molecular flexibility index (Phi) is 5.84. The number of nitrogens with one attached hydrogen (secondary N) is 1. The average Bonchev–Trinajstić information content (AvgIpc) is 2.87.